The van der Waals surface area contributed by atoms with Gasteiger partial charge in [0.05, 0.1) is 5.69 Å². The van der Waals surface area contributed by atoms with E-state index < -0.39 is 0 Å². The van der Waals surface area contributed by atoms with Crippen molar-refractivity contribution in [2.45, 2.75) is 19.8 Å². The monoisotopic (exact) mass is 299 g/mol. The lowest BCUT2D eigenvalue weighted by atomic mass is 10.2. The van der Waals surface area contributed by atoms with Gasteiger partial charge in [0, 0.05) is 30.4 Å². The van der Waals surface area contributed by atoms with Crippen LogP contribution in [0.15, 0.2) is 34.9 Å². The van der Waals surface area contributed by atoms with Crippen LogP contribution in [-0.4, -0.2) is 35.0 Å². The SMILES string of the molecule is Cc1cc(C(=O)Nc2ccc(C(=O)N3CCCC3)cc2)on1. The Labute approximate surface area is 128 Å². The predicted molar refractivity (Wildman–Crippen MR) is 80.8 cm³/mol. The molecule has 0 saturated carbocycles. The van der Waals surface area contributed by atoms with Crippen molar-refractivity contribution in [3.05, 3.63) is 47.3 Å². The van der Waals surface area contributed by atoms with Gasteiger partial charge in [-0.1, -0.05) is 5.16 Å². The fourth-order valence-electron chi connectivity index (χ4n) is 2.46. The summed E-state index contributed by atoms with van der Waals surface area (Å²) in [6, 6.07) is 8.44. The number of rotatable bonds is 3. The quantitative estimate of drug-likeness (QED) is 0.944. The van der Waals surface area contributed by atoms with E-state index in [0.717, 1.165) is 25.9 Å². The number of hydrogen-bond acceptors (Lipinski definition) is 4. The molecule has 1 aliphatic rings. The van der Waals surface area contributed by atoms with Gasteiger partial charge < -0.3 is 14.7 Å². The number of benzene rings is 1. The van der Waals surface area contributed by atoms with Gasteiger partial charge in [-0.2, -0.15) is 0 Å². The lowest BCUT2D eigenvalue weighted by Crippen LogP contribution is -2.27. The van der Waals surface area contributed by atoms with E-state index in [1.807, 2.05) is 4.90 Å². The summed E-state index contributed by atoms with van der Waals surface area (Å²) in [5.41, 5.74) is 1.89. The molecule has 1 aromatic carbocycles. The van der Waals surface area contributed by atoms with Crippen LogP contribution in [-0.2, 0) is 0 Å². The van der Waals surface area contributed by atoms with E-state index in [4.69, 9.17) is 4.52 Å². The smallest absolute Gasteiger partial charge is 0.294 e. The second-order valence-electron chi connectivity index (χ2n) is 5.36. The molecule has 6 nitrogen and oxygen atoms in total. The Hall–Kier alpha value is -2.63. The summed E-state index contributed by atoms with van der Waals surface area (Å²) < 4.78 is 4.90. The van der Waals surface area contributed by atoms with Gasteiger partial charge in [0.25, 0.3) is 11.8 Å². The lowest BCUT2D eigenvalue weighted by molar-refractivity contribution is 0.0792. The normalized spacial score (nSPS) is 14.1. The maximum absolute atomic E-state index is 12.2. The first-order valence-electron chi connectivity index (χ1n) is 7.27. The molecule has 3 rings (SSSR count). The number of nitrogens with zero attached hydrogens (tertiary/aromatic N) is 2. The van der Waals surface area contributed by atoms with Crippen molar-refractivity contribution in [2.75, 3.05) is 18.4 Å². The third-order valence-electron chi connectivity index (χ3n) is 3.63. The van der Waals surface area contributed by atoms with Gasteiger partial charge in [-0.3, -0.25) is 9.59 Å². The van der Waals surface area contributed by atoms with Crippen LogP contribution in [0.5, 0.6) is 0 Å². The Morgan fingerprint density at radius 1 is 1.18 bits per heavy atom. The Kier molecular flexibility index (Phi) is 3.91. The highest BCUT2D eigenvalue weighted by atomic mass is 16.5. The summed E-state index contributed by atoms with van der Waals surface area (Å²) in [5, 5.41) is 6.38. The highest BCUT2D eigenvalue weighted by molar-refractivity contribution is 6.02. The maximum Gasteiger partial charge on any atom is 0.294 e. The average molecular weight is 299 g/mol. The zero-order valence-electron chi connectivity index (χ0n) is 12.3. The van der Waals surface area contributed by atoms with Gasteiger partial charge in [0.1, 0.15) is 0 Å². The van der Waals surface area contributed by atoms with Crippen LogP contribution in [0, 0.1) is 6.92 Å². The number of carbonyl (C=O) groups is 2. The van der Waals surface area contributed by atoms with Crippen LogP contribution in [0.3, 0.4) is 0 Å². The molecular weight excluding hydrogens is 282 g/mol. The number of aromatic nitrogens is 1. The van der Waals surface area contributed by atoms with Crippen LogP contribution in [0.25, 0.3) is 0 Å². The molecule has 1 fully saturated rings. The topological polar surface area (TPSA) is 75.4 Å². The Balaban J connectivity index is 1.66. The molecule has 1 aromatic heterocycles. The largest absolute Gasteiger partial charge is 0.351 e. The average Bonchev–Trinajstić information content (AvgIpc) is 3.18. The van der Waals surface area contributed by atoms with Crippen LogP contribution in [0.2, 0.25) is 0 Å². The van der Waals surface area contributed by atoms with Crippen molar-refractivity contribution >= 4 is 17.5 Å². The number of amides is 2. The number of carbonyl (C=O) groups excluding carboxylic acids is 2. The molecule has 0 unspecified atom stereocenters. The summed E-state index contributed by atoms with van der Waals surface area (Å²) in [5.74, 6) is -0.157. The van der Waals surface area contributed by atoms with E-state index in [9.17, 15) is 9.59 Å². The van der Waals surface area contributed by atoms with Gasteiger partial charge in [-0.15, -0.1) is 0 Å². The molecule has 0 radical (unpaired) electrons. The van der Waals surface area contributed by atoms with Crippen LogP contribution in [0.4, 0.5) is 5.69 Å². The van der Waals surface area contributed by atoms with Crippen molar-refractivity contribution in [1.82, 2.24) is 10.1 Å². The van der Waals surface area contributed by atoms with Gasteiger partial charge in [0.2, 0.25) is 5.76 Å². The first kappa shape index (κ1) is 14.3. The third-order valence-corrected chi connectivity index (χ3v) is 3.63. The molecule has 2 amide bonds. The van der Waals surface area contributed by atoms with Crippen LogP contribution < -0.4 is 5.32 Å². The highest BCUT2D eigenvalue weighted by Crippen LogP contribution is 2.16. The number of anilines is 1. The fraction of sp³-hybridized carbons (Fsp3) is 0.312. The van der Waals surface area contributed by atoms with Crippen LogP contribution in [0.1, 0.15) is 39.4 Å². The van der Waals surface area contributed by atoms with E-state index in [1.54, 1.807) is 37.3 Å². The summed E-state index contributed by atoms with van der Waals surface area (Å²) in [4.78, 5) is 26.0. The molecule has 2 aromatic rings. The molecule has 2 heterocycles. The molecule has 6 heteroatoms. The van der Waals surface area contributed by atoms with E-state index in [-0.39, 0.29) is 17.6 Å². The summed E-state index contributed by atoms with van der Waals surface area (Å²) in [7, 11) is 0. The molecule has 1 N–H and O–H groups in total. The molecule has 114 valence electrons. The molecule has 0 bridgehead atoms. The van der Waals surface area contributed by atoms with E-state index in [1.165, 1.54) is 0 Å². The molecule has 1 aliphatic heterocycles. The van der Waals surface area contributed by atoms with Crippen molar-refractivity contribution in [3.8, 4) is 0 Å². The van der Waals surface area contributed by atoms with E-state index >= 15 is 0 Å². The Bertz CT molecular complexity index is 685. The van der Waals surface area contributed by atoms with Crippen molar-refractivity contribution in [2.24, 2.45) is 0 Å². The zero-order chi connectivity index (χ0) is 15.5. The first-order chi connectivity index (χ1) is 10.6. The predicted octanol–water partition coefficient (Wildman–Crippen LogP) is 2.47. The molecule has 1 saturated heterocycles. The van der Waals surface area contributed by atoms with Crippen molar-refractivity contribution < 1.29 is 14.1 Å². The van der Waals surface area contributed by atoms with Gasteiger partial charge in [-0.05, 0) is 44.0 Å². The number of hydrogen-bond donors (Lipinski definition) is 1. The maximum atomic E-state index is 12.2. The Morgan fingerprint density at radius 3 is 2.45 bits per heavy atom. The van der Waals surface area contributed by atoms with E-state index in [2.05, 4.69) is 10.5 Å². The highest BCUT2D eigenvalue weighted by Gasteiger charge is 2.19. The molecule has 0 atom stereocenters. The standard InChI is InChI=1S/C16H17N3O3/c1-11-10-14(22-18-11)15(20)17-13-6-4-12(5-7-13)16(21)19-8-2-3-9-19/h4-7,10H,2-3,8-9H2,1H3,(H,17,20). The second kappa shape index (κ2) is 6.01. The molecule has 22 heavy (non-hydrogen) atoms. The van der Waals surface area contributed by atoms with Crippen molar-refractivity contribution in [3.63, 3.8) is 0 Å². The second-order valence-corrected chi connectivity index (χ2v) is 5.36. The molecule has 0 spiro atoms. The minimum Gasteiger partial charge on any atom is -0.351 e. The number of aryl methyl sites for hydroxylation is 1. The summed E-state index contributed by atoms with van der Waals surface area (Å²) >= 11 is 0. The third kappa shape index (κ3) is 3.00. The lowest BCUT2D eigenvalue weighted by Gasteiger charge is -2.15. The molecule has 0 aliphatic carbocycles. The summed E-state index contributed by atoms with van der Waals surface area (Å²) in [6.45, 7) is 3.39. The van der Waals surface area contributed by atoms with Gasteiger partial charge in [0.15, 0.2) is 0 Å². The minimum absolute atomic E-state index is 0.0428. The first-order valence-corrected chi connectivity index (χ1v) is 7.27. The zero-order valence-corrected chi connectivity index (χ0v) is 12.3. The number of nitrogens with one attached hydrogen (secondary N) is 1. The fourth-order valence-corrected chi connectivity index (χ4v) is 2.46. The summed E-state index contributed by atoms with van der Waals surface area (Å²) in [6.07, 6.45) is 2.13. The molecular formula is C16H17N3O3. The van der Waals surface area contributed by atoms with Gasteiger partial charge >= 0.3 is 0 Å². The van der Waals surface area contributed by atoms with Crippen molar-refractivity contribution in [1.29, 1.82) is 0 Å². The minimum atomic E-state index is -0.362. The van der Waals surface area contributed by atoms with Gasteiger partial charge in [-0.25, -0.2) is 0 Å². The number of likely N-dealkylation sites (tertiary alicyclic amines) is 1. The van der Waals surface area contributed by atoms with E-state index in [0.29, 0.717) is 16.9 Å². The Morgan fingerprint density at radius 2 is 1.86 bits per heavy atom. The van der Waals surface area contributed by atoms with Crippen LogP contribution >= 0.6 is 0 Å².